The summed E-state index contributed by atoms with van der Waals surface area (Å²) in [5, 5.41) is 0. The minimum Gasteiger partial charge on any atom is -0.0885 e. The Hall–Kier alpha value is -1.04. The van der Waals surface area contributed by atoms with Crippen molar-refractivity contribution < 1.29 is 0 Å². The molecule has 0 atom stereocenters. The summed E-state index contributed by atoms with van der Waals surface area (Å²) in [6.45, 7) is 9.38. The van der Waals surface area contributed by atoms with E-state index in [0.29, 0.717) is 0 Å². The van der Waals surface area contributed by atoms with Gasteiger partial charge in [0.05, 0.1) is 0 Å². The number of allylic oxidation sites excluding steroid dienone is 8. The lowest BCUT2D eigenvalue weighted by atomic mass is 9.87. The highest BCUT2D eigenvalue weighted by molar-refractivity contribution is 4.87. The van der Waals surface area contributed by atoms with Gasteiger partial charge in [-0.1, -0.05) is 115 Å². The minimum atomic E-state index is 0.800. The molecule has 0 heteroatoms. The lowest BCUT2D eigenvalue weighted by Crippen LogP contribution is -2.08. The summed E-state index contributed by atoms with van der Waals surface area (Å²) >= 11 is 0. The van der Waals surface area contributed by atoms with E-state index >= 15 is 0 Å². The maximum atomic E-state index is 2.45. The summed E-state index contributed by atoms with van der Waals surface area (Å²) in [4.78, 5) is 0. The Morgan fingerprint density at radius 1 is 0.361 bits per heavy atom. The smallest absolute Gasteiger partial charge is 0.0348 e. The third-order valence-corrected chi connectivity index (χ3v) is 7.45. The molecule has 0 heterocycles. The zero-order chi connectivity index (χ0) is 26.4. The lowest BCUT2D eigenvalue weighted by Gasteiger charge is -2.19. The molecule has 0 fully saturated rings. The molecule has 0 aromatic carbocycles. The van der Waals surface area contributed by atoms with Crippen LogP contribution in [0, 0.1) is 11.8 Å². The van der Waals surface area contributed by atoms with Crippen LogP contribution in [-0.4, -0.2) is 0 Å². The van der Waals surface area contributed by atoms with Crippen molar-refractivity contribution in [2.45, 2.75) is 169 Å². The Morgan fingerprint density at radius 2 is 0.639 bits per heavy atom. The molecular weight excluding hydrogens is 432 g/mol. The molecule has 0 N–H and O–H groups in total. The Labute approximate surface area is 229 Å². The number of rotatable bonds is 27. The molecule has 0 bridgehead atoms. The van der Waals surface area contributed by atoms with Gasteiger partial charge in [0.2, 0.25) is 0 Å². The van der Waals surface area contributed by atoms with Crippen LogP contribution in [0.3, 0.4) is 0 Å². The fourth-order valence-corrected chi connectivity index (χ4v) is 4.80. The molecule has 210 valence electrons. The summed E-state index contributed by atoms with van der Waals surface area (Å²) in [6, 6.07) is 0. The summed E-state index contributed by atoms with van der Waals surface area (Å²) in [5.74, 6) is 1.67. The topological polar surface area (TPSA) is 0 Å². The van der Waals surface area contributed by atoms with E-state index < -0.39 is 0 Å². The van der Waals surface area contributed by atoms with E-state index in [-0.39, 0.29) is 0 Å². The van der Waals surface area contributed by atoms with Crippen LogP contribution in [0.15, 0.2) is 48.6 Å². The van der Waals surface area contributed by atoms with Crippen LogP contribution in [0.5, 0.6) is 0 Å². The molecule has 0 amide bonds. The second-order valence-corrected chi connectivity index (χ2v) is 11.3. The number of hydrogen-bond acceptors (Lipinski definition) is 0. The molecule has 0 aromatic heterocycles. The van der Waals surface area contributed by atoms with E-state index in [9.17, 15) is 0 Å². The molecule has 0 saturated carbocycles. The zero-order valence-electron chi connectivity index (χ0n) is 25.3. The first-order valence-corrected chi connectivity index (χ1v) is 16.3. The van der Waals surface area contributed by atoms with E-state index in [0.717, 1.165) is 11.8 Å². The fraction of sp³-hybridized carbons (Fsp3) is 0.778. The quantitative estimate of drug-likeness (QED) is 0.0780. The largest absolute Gasteiger partial charge is 0.0885 e. The number of hydrogen-bond donors (Lipinski definition) is 0. The molecule has 0 aliphatic carbocycles. The van der Waals surface area contributed by atoms with Crippen molar-refractivity contribution in [3.05, 3.63) is 48.6 Å². The predicted octanol–water partition coefficient (Wildman–Crippen LogP) is 13.1. The first-order chi connectivity index (χ1) is 17.7. The Morgan fingerprint density at radius 3 is 0.917 bits per heavy atom. The standard InChI is InChI=1S/C36H66/c1-5-7-9-11-13-15-17-19-21-23-25-27-29-31-33-36(35(3)4)34-32-30-28-26-24-22-20-18-16-14-12-10-8-6-2/h15-18,27-30,35-36H,5-14,19-26,31-34H2,1-4H3/b17-15+,18-16+,29-27+,30-28+. The van der Waals surface area contributed by atoms with Crippen molar-refractivity contribution in [3.8, 4) is 0 Å². The molecule has 0 nitrogen and oxygen atoms in total. The van der Waals surface area contributed by atoms with Gasteiger partial charge >= 0.3 is 0 Å². The Bertz CT molecular complexity index is 474. The SMILES string of the molecule is CCCCCC/C=C/CCCC/C=C/CCC(CC/C=C/CCCC/C=C/CCCCCC)C(C)C. The van der Waals surface area contributed by atoms with Crippen molar-refractivity contribution >= 4 is 0 Å². The van der Waals surface area contributed by atoms with E-state index in [1.807, 2.05) is 0 Å². The normalized spacial score (nSPS) is 12.7. The summed E-state index contributed by atoms with van der Waals surface area (Å²) in [7, 11) is 0. The second-order valence-electron chi connectivity index (χ2n) is 11.3. The van der Waals surface area contributed by atoms with Gasteiger partial charge in [-0.05, 0) is 115 Å². The third kappa shape index (κ3) is 27.5. The summed E-state index contributed by atoms with van der Waals surface area (Å²) in [5.41, 5.74) is 0. The fourth-order valence-electron chi connectivity index (χ4n) is 4.80. The van der Waals surface area contributed by atoms with Crippen molar-refractivity contribution in [1.82, 2.24) is 0 Å². The van der Waals surface area contributed by atoms with Crippen molar-refractivity contribution in [3.63, 3.8) is 0 Å². The van der Waals surface area contributed by atoms with E-state index in [1.165, 1.54) is 141 Å². The van der Waals surface area contributed by atoms with Gasteiger partial charge in [-0.25, -0.2) is 0 Å². The Kier molecular flexibility index (Phi) is 29.3. The van der Waals surface area contributed by atoms with Crippen LogP contribution in [0.2, 0.25) is 0 Å². The molecule has 0 saturated heterocycles. The second kappa shape index (κ2) is 30.2. The van der Waals surface area contributed by atoms with Crippen LogP contribution in [0.1, 0.15) is 169 Å². The molecule has 0 unspecified atom stereocenters. The van der Waals surface area contributed by atoms with Crippen LogP contribution in [-0.2, 0) is 0 Å². The molecule has 0 rings (SSSR count). The van der Waals surface area contributed by atoms with Crippen molar-refractivity contribution in [2.75, 3.05) is 0 Å². The van der Waals surface area contributed by atoms with Gasteiger partial charge in [-0.3, -0.25) is 0 Å². The van der Waals surface area contributed by atoms with E-state index in [2.05, 4.69) is 76.3 Å². The molecule has 0 aliphatic rings. The average molecular weight is 499 g/mol. The van der Waals surface area contributed by atoms with E-state index in [1.54, 1.807) is 0 Å². The molecule has 0 spiro atoms. The van der Waals surface area contributed by atoms with E-state index in [4.69, 9.17) is 0 Å². The molecule has 0 aromatic rings. The monoisotopic (exact) mass is 499 g/mol. The van der Waals surface area contributed by atoms with Gasteiger partial charge in [0, 0.05) is 0 Å². The molecule has 36 heavy (non-hydrogen) atoms. The van der Waals surface area contributed by atoms with Crippen LogP contribution >= 0.6 is 0 Å². The maximum Gasteiger partial charge on any atom is -0.0348 e. The Balaban J connectivity index is 3.65. The van der Waals surface area contributed by atoms with Gasteiger partial charge in [0.25, 0.3) is 0 Å². The van der Waals surface area contributed by atoms with Crippen LogP contribution < -0.4 is 0 Å². The lowest BCUT2D eigenvalue weighted by molar-refractivity contribution is 0.341. The van der Waals surface area contributed by atoms with Crippen molar-refractivity contribution in [2.24, 2.45) is 11.8 Å². The summed E-state index contributed by atoms with van der Waals surface area (Å²) in [6.07, 6.45) is 48.6. The first kappa shape index (κ1) is 35.0. The van der Waals surface area contributed by atoms with Crippen molar-refractivity contribution in [1.29, 1.82) is 0 Å². The van der Waals surface area contributed by atoms with Crippen LogP contribution in [0.4, 0.5) is 0 Å². The highest BCUT2D eigenvalue weighted by Crippen LogP contribution is 2.23. The molecule has 0 radical (unpaired) electrons. The predicted molar refractivity (Wildman–Crippen MR) is 168 cm³/mol. The van der Waals surface area contributed by atoms with Gasteiger partial charge < -0.3 is 0 Å². The van der Waals surface area contributed by atoms with Gasteiger partial charge in [-0.15, -0.1) is 0 Å². The molecular formula is C36H66. The van der Waals surface area contributed by atoms with Gasteiger partial charge in [-0.2, -0.15) is 0 Å². The highest BCUT2D eigenvalue weighted by Gasteiger charge is 2.11. The zero-order valence-corrected chi connectivity index (χ0v) is 25.3. The van der Waals surface area contributed by atoms with Crippen LogP contribution in [0.25, 0.3) is 0 Å². The highest BCUT2D eigenvalue weighted by atomic mass is 14.2. The summed E-state index contributed by atoms with van der Waals surface area (Å²) < 4.78 is 0. The third-order valence-electron chi connectivity index (χ3n) is 7.45. The first-order valence-electron chi connectivity index (χ1n) is 16.3. The minimum absolute atomic E-state index is 0.800. The maximum absolute atomic E-state index is 2.45. The molecule has 0 aliphatic heterocycles. The van der Waals surface area contributed by atoms with Gasteiger partial charge in [0.15, 0.2) is 0 Å². The number of unbranched alkanes of at least 4 members (excludes halogenated alkanes) is 14. The van der Waals surface area contributed by atoms with Gasteiger partial charge in [0.1, 0.15) is 0 Å². The average Bonchev–Trinajstić information content (AvgIpc) is 2.87.